The molecule has 4 heteroatoms. The topological polar surface area (TPSA) is 49.8 Å². The van der Waals surface area contributed by atoms with Crippen molar-refractivity contribution >= 4 is 6.09 Å². The summed E-state index contributed by atoms with van der Waals surface area (Å²) in [5.74, 6) is 0.433. The summed E-state index contributed by atoms with van der Waals surface area (Å²) >= 11 is 0. The summed E-state index contributed by atoms with van der Waals surface area (Å²) in [5.41, 5.74) is -0.424. The van der Waals surface area contributed by atoms with Gasteiger partial charge in [0.15, 0.2) is 0 Å². The molecule has 1 saturated heterocycles. The van der Waals surface area contributed by atoms with Crippen LogP contribution in [0.2, 0.25) is 0 Å². The van der Waals surface area contributed by atoms with Gasteiger partial charge in [0.25, 0.3) is 0 Å². The van der Waals surface area contributed by atoms with E-state index in [0.29, 0.717) is 5.92 Å². The number of ether oxygens (including phenoxy) is 1. The lowest BCUT2D eigenvalue weighted by molar-refractivity contribution is 0.0286. The van der Waals surface area contributed by atoms with E-state index in [1.54, 1.807) is 4.90 Å². The Hall–Kier alpha value is -0.770. The molecular formula is C15H33NO3. The smallest absolute Gasteiger partial charge is 0.410 e. The molecule has 0 bridgehead atoms. The quantitative estimate of drug-likeness (QED) is 0.836. The fourth-order valence-corrected chi connectivity index (χ4v) is 1.74. The standard InChI is InChI=1S/C11H21NO3.2C2H6/c1-11(2,3)15-10(14)12-6-4-9(8-12)5-7-13;2*1-2/h9,13H,4-8H2,1-3H3;2*1-2H3. The number of likely N-dealkylation sites (tertiary alicyclic amines) is 1. The highest BCUT2D eigenvalue weighted by molar-refractivity contribution is 5.68. The minimum atomic E-state index is -0.424. The van der Waals surface area contributed by atoms with Crippen LogP contribution in [0.5, 0.6) is 0 Å². The highest BCUT2D eigenvalue weighted by Gasteiger charge is 2.29. The molecule has 116 valence electrons. The van der Waals surface area contributed by atoms with Crippen LogP contribution in [0.25, 0.3) is 0 Å². The summed E-state index contributed by atoms with van der Waals surface area (Å²) in [4.78, 5) is 13.4. The first-order chi connectivity index (χ1) is 8.92. The van der Waals surface area contributed by atoms with E-state index < -0.39 is 5.60 Å². The van der Waals surface area contributed by atoms with Crippen molar-refractivity contribution in [2.45, 2.75) is 66.9 Å². The SMILES string of the molecule is CC.CC.CC(C)(C)OC(=O)N1CCC(CCO)C1. The third-order valence-electron chi connectivity index (χ3n) is 2.47. The van der Waals surface area contributed by atoms with E-state index >= 15 is 0 Å². The zero-order chi connectivity index (χ0) is 15.5. The molecule has 1 unspecified atom stereocenters. The number of nitrogens with zero attached hydrogens (tertiary/aromatic N) is 1. The third kappa shape index (κ3) is 9.77. The second kappa shape index (κ2) is 11.1. The maximum atomic E-state index is 11.7. The van der Waals surface area contributed by atoms with Gasteiger partial charge in [0.05, 0.1) is 0 Å². The lowest BCUT2D eigenvalue weighted by atomic mass is 10.1. The number of carbonyl (C=O) groups is 1. The van der Waals surface area contributed by atoms with Gasteiger partial charge >= 0.3 is 6.09 Å². The summed E-state index contributed by atoms with van der Waals surface area (Å²) in [6.07, 6.45) is 1.52. The first-order valence-corrected chi connectivity index (χ1v) is 7.51. The largest absolute Gasteiger partial charge is 0.444 e. The Kier molecular flexibility index (Phi) is 12.0. The summed E-state index contributed by atoms with van der Waals surface area (Å²) in [7, 11) is 0. The molecule has 0 aliphatic carbocycles. The highest BCUT2D eigenvalue weighted by atomic mass is 16.6. The molecule has 1 aliphatic heterocycles. The Morgan fingerprint density at radius 3 is 2.21 bits per heavy atom. The van der Waals surface area contributed by atoms with Crippen LogP contribution in [0.3, 0.4) is 0 Å². The average molecular weight is 275 g/mol. The van der Waals surface area contributed by atoms with Crippen LogP contribution in [-0.4, -0.2) is 41.4 Å². The van der Waals surface area contributed by atoms with Crippen LogP contribution in [0, 0.1) is 5.92 Å². The molecule has 0 spiro atoms. The Balaban J connectivity index is 0. The van der Waals surface area contributed by atoms with Gasteiger partial charge in [0.2, 0.25) is 0 Å². The molecule has 1 aliphatic rings. The van der Waals surface area contributed by atoms with Gasteiger partial charge in [-0.15, -0.1) is 0 Å². The van der Waals surface area contributed by atoms with Gasteiger partial charge in [-0.25, -0.2) is 4.79 Å². The maximum absolute atomic E-state index is 11.7. The van der Waals surface area contributed by atoms with Gasteiger partial charge in [0, 0.05) is 19.7 Å². The Morgan fingerprint density at radius 2 is 1.79 bits per heavy atom. The van der Waals surface area contributed by atoms with Gasteiger partial charge in [-0.1, -0.05) is 27.7 Å². The number of carbonyl (C=O) groups excluding carboxylic acids is 1. The predicted octanol–water partition coefficient (Wildman–Crippen LogP) is 3.68. The molecule has 0 aromatic rings. The van der Waals surface area contributed by atoms with Crippen LogP contribution in [-0.2, 0) is 4.74 Å². The lowest BCUT2D eigenvalue weighted by Crippen LogP contribution is -2.35. The molecule has 4 nitrogen and oxygen atoms in total. The van der Waals surface area contributed by atoms with E-state index in [1.807, 2.05) is 48.5 Å². The van der Waals surface area contributed by atoms with Crippen LogP contribution >= 0.6 is 0 Å². The molecule has 19 heavy (non-hydrogen) atoms. The zero-order valence-electron chi connectivity index (χ0n) is 13.8. The number of rotatable bonds is 2. The van der Waals surface area contributed by atoms with E-state index in [0.717, 1.165) is 25.9 Å². The van der Waals surface area contributed by atoms with Crippen molar-refractivity contribution in [2.75, 3.05) is 19.7 Å². The predicted molar refractivity (Wildman–Crippen MR) is 80.3 cm³/mol. The molecule has 1 amide bonds. The average Bonchev–Trinajstić information content (AvgIpc) is 2.81. The number of amides is 1. The van der Waals surface area contributed by atoms with Crippen molar-refractivity contribution in [3.63, 3.8) is 0 Å². The van der Waals surface area contributed by atoms with Crippen LogP contribution in [0.1, 0.15) is 61.3 Å². The normalized spacial score (nSPS) is 17.9. The number of aliphatic hydroxyl groups excluding tert-OH is 1. The molecule has 1 fully saturated rings. The monoisotopic (exact) mass is 275 g/mol. The summed E-state index contributed by atoms with van der Waals surface area (Å²) < 4.78 is 5.27. The first kappa shape index (κ1) is 20.5. The molecule has 1 N–H and O–H groups in total. The highest BCUT2D eigenvalue weighted by Crippen LogP contribution is 2.21. The van der Waals surface area contributed by atoms with E-state index in [2.05, 4.69) is 0 Å². The van der Waals surface area contributed by atoms with E-state index in [9.17, 15) is 4.79 Å². The third-order valence-corrected chi connectivity index (χ3v) is 2.47. The molecule has 1 rings (SSSR count). The van der Waals surface area contributed by atoms with Crippen molar-refractivity contribution in [2.24, 2.45) is 5.92 Å². The second-order valence-corrected chi connectivity index (χ2v) is 5.09. The molecule has 0 aromatic carbocycles. The van der Waals surface area contributed by atoms with E-state index in [-0.39, 0.29) is 12.7 Å². The van der Waals surface area contributed by atoms with Gasteiger partial charge in [-0.3, -0.25) is 0 Å². The molecule has 1 heterocycles. The summed E-state index contributed by atoms with van der Waals surface area (Å²) in [5, 5.41) is 8.80. The van der Waals surface area contributed by atoms with Gasteiger partial charge in [-0.2, -0.15) is 0 Å². The maximum Gasteiger partial charge on any atom is 0.410 e. The summed E-state index contributed by atoms with van der Waals surface area (Å²) in [6.45, 7) is 15.3. The molecular weight excluding hydrogens is 242 g/mol. The van der Waals surface area contributed by atoms with E-state index in [1.165, 1.54) is 0 Å². The minimum absolute atomic E-state index is 0.201. The first-order valence-electron chi connectivity index (χ1n) is 7.51. The van der Waals surface area contributed by atoms with E-state index in [4.69, 9.17) is 9.84 Å². The Morgan fingerprint density at radius 1 is 1.26 bits per heavy atom. The van der Waals surface area contributed by atoms with Crippen molar-refractivity contribution in [3.8, 4) is 0 Å². The van der Waals surface area contributed by atoms with Crippen molar-refractivity contribution in [1.29, 1.82) is 0 Å². The van der Waals surface area contributed by atoms with Crippen LogP contribution in [0.15, 0.2) is 0 Å². The van der Waals surface area contributed by atoms with Gasteiger partial charge in [0.1, 0.15) is 5.60 Å². The molecule has 0 radical (unpaired) electrons. The van der Waals surface area contributed by atoms with Crippen LogP contribution in [0.4, 0.5) is 4.79 Å². The molecule has 1 atom stereocenters. The van der Waals surface area contributed by atoms with Crippen molar-refractivity contribution in [1.82, 2.24) is 4.90 Å². The number of hydrogen-bond donors (Lipinski definition) is 1. The Bertz CT molecular complexity index is 224. The van der Waals surface area contributed by atoms with Crippen LogP contribution < -0.4 is 0 Å². The van der Waals surface area contributed by atoms with Gasteiger partial charge < -0.3 is 14.7 Å². The van der Waals surface area contributed by atoms with Gasteiger partial charge in [-0.05, 0) is 39.5 Å². The van der Waals surface area contributed by atoms with Crippen molar-refractivity contribution < 1.29 is 14.6 Å². The second-order valence-electron chi connectivity index (χ2n) is 5.09. The number of hydrogen-bond acceptors (Lipinski definition) is 3. The summed E-state index contributed by atoms with van der Waals surface area (Å²) in [6, 6.07) is 0. The molecule has 0 aromatic heterocycles. The Labute approximate surface area is 119 Å². The fraction of sp³-hybridized carbons (Fsp3) is 0.933. The minimum Gasteiger partial charge on any atom is -0.444 e. The van der Waals surface area contributed by atoms with Crippen molar-refractivity contribution in [3.05, 3.63) is 0 Å². The lowest BCUT2D eigenvalue weighted by Gasteiger charge is -2.24. The fourth-order valence-electron chi connectivity index (χ4n) is 1.74. The number of aliphatic hydroxyl groups is 1. The zero-order valence-corrected chi connectivity index (χ0v) is 13.8. The molecule has 0 saturated carbocycles.